The fourth-order valence-electron chi connectivity index (χ4n) is 0. The molecule has 2 radical (unpaired) electrons. The molecule has 0 aromatic rings. The predicted molar refractivity (Wildman–Crippen MR) is 52.7 cm³/mol. The molecule has 0 aromatic carbocycles. The summed E-state index contributed by atoms with van der Waals surface area (Å²) < 4.78 is 1.44. The van der Waals surface area contributed by atoms with Crippen molar-refractivity contribution in [1.82, 2.24) is 0 Å². The van der Waals surface area contributed by atoms with Crippen LogP contribution in [0.1, 0.15) is 0 Å². The monoisotopic (exact) mass is 626 g/mol. The summed E-state index contributed by atoms with van der Waals surface area (Å²) in [6.07, 6.45) is 0. The molecule has 0 saturated carbocycles. The van der Waals surface area contributed by atoms with E-state index in [9.17, 15) is 0 Å². The van der Waals surface area contributed by atoms with E-state index in [4.69, 9.17) is 0 Å². The quantitative estimate of drug-likeness (QED) is 0.237. The third kappa shape index (κ3) is 26.2. The van der Waals surface area contributed by atoms with Gasteiger partial charge in [0.05, 0.1) is 0 Å². The molecule has 6 heavy (non-hydrogen) atoms. The molecule has 0 aliphatic carbocycles. The predicted octanol–water partition coefficient (Wildman–Crippen LogP) is -5.76. The summed E-state index contributed by atoms with van der Waals surface area (Å²) in [5.41, 5.74) is 0. The van der Waals surface area contributed by atoms with E-state index in [2.05, 4.69) is 0 Å². The fourth-order valence-corrected chi connectivity index (χ4v) is 0. The second-order valence-corrected chi connectivity index (χ2v) is 6.36. The van der Waals surface area contributed by atoms with E-state index >= 15 is 0 Å². The van der Waals surface area contributed by atoms with Crippen LogP contribution in [0.5, 0.6) is 0 Å². The van der Waals surface area contributed by atoms with Crippen molar-refractivity contribution in [2.45, 2.75) is 0 Å². The summed E-state index contributed by atoms with van der Waals surface area (Å²) in [7, 11) is 1.39. The molecular weight excluding hydrogens is 610 g/mol. The van der Waals surface area contributed by atoms with Crippen molar-refractivity contribution in [2.24, 2.45) is 0 Å². The summed E-state index contributed by atoms with van der Waals surface area (Å²) in [5, 5.41) is 0. The molecule has 0 aliphatic heterocycles. The Morgan fingerprint density at radius 3 is 1.50 bits per heavy atom. The molecule has 0 aromatic heterocycles. The van der Waals surface area contributed by atoms with Gasteiger partial charge in [-0.2, -0.15) is 0 Å². The summed E-state index contributed by atoms with van der Waals surface area (Å²) in [5.74, 6) is 0. The number of hydrogen-bond donors (Lipinski definition) is 0. The van der Waals surface area contributed by atoms with Gasteiger partial charge in [-0.15, -0.1) is 0 Å². The minimum absolute atomic E-state index is 0. The Bertz CT molecular complexity index is 15.5. The van der Waals surface area contributed by atoms with Gasteiger partial charge in [-0.05, 0) is 0 Å². The first-order valence-electron chi connectivity index (χ1n) is 1.02. The zero-order valence-corrected chi connectivity index (χ0v) is 19.1. The van der Waals surface area contributed by atoms with Gasteiger partial charge >= 0.3 is 90.5 Å². The van der Waals surface area contributed by atoms with Crippen molar-refractivity contribution in [1.29, 1.82) is 0 Å². The van der Waals surface area contributed by atoms with Crippen LogP contribution in [0, 0.1) is 0 Å². The summed E-state index contributed by atoms with van der Waals surface area (Å²) in [6.45, 7) is 0. The molecule has 38 valence electrons. The molecule has 0 fully saturated rings. The van der Waals surface area contributed by atoms with Crippen molar-refractivity contribution >= 4 is 108 Å². The SMILES string of the molecule is [AlH3].[BiH3].[PbH2].[SiH3]B[TeH]. The van der Waals surface area contributed by atoms with Crippen LogP contribution in [0.25, 0.3) is 0 Å². The molecule has 0 N–H and O–H groups in total. The van der Waals surface area contributed by atoms with Crippen molar-refractivity contribution in [2.75, 3.05) is 0 Å². The first-order chi connectivity index (χ1) is 1.41. The topological polar surface area (TPSA) is 0 Å². The first-order valence-corrected chi connectivity index (χ1v) is 4.24. The number of hydrogen-bond acceptors (Lipinski definition) is 0. The second-order valence-electron chi connectivity index (χ2n) is 0.316. The van der Waals surface area contributed by atoms with Gasteiger partial charge in [0, 0.05) is 0 Å². The van der Waals surface area contributed by atoms with E-state index in [0.29, 0.717) is 0 Å². The third-order valence-electron chi connectivity index (χ3n) is 0. The molecule has 0 aliphatic rings. The molecule has 0 bridgehead atoms. The molecule has 0 nitrogen and oxygen atoms in total. The summed E-state index contributed by atoms with van der Waals surface area (Å²) in [6, 6.07) is 0. The first kappa shape index (κ1) is 22.7. The van der Waals surface area contributed by atoms with E-state index in [1.807, 2.05) is 22.1 Å². The van der Waals surface area contributed by atoms with Gasteiger partial charge in [0.1, 0.15) is 0 Å². The summed E-state index contributed by atoms with van der Waals surface area (Å²) >= 11 is 1.91. The maximum atomic E-state index is 1.91. The standard InChI is InChI=1S/Al.BH5SiTe.Bi.Pb.8H/c;2-1-3;;;;;;;;;;/h;1,3H,2H3;;;;;;;;;;. The van der Waals surface area contributed by atoms with Crippen LogP contribution in [0.2, 0.25) is 0 Å². The summed E-state index contributed by atoms with van der Waals surface area (Å²) in [4.78, 5) is 0. The molecule has 0 unspecified atom stereocenters. The van der Waals surface area contributed by atoms with Crippen LogP contribution in [-0.2, 0) is 0 Å². The Balaban J connectivity index is -0.00000000667. The molecule has 0 saturated heterocycles. The Hall–Kier alpha value is 3.41. The van der Waals surface area contributed by atoms with Gasteiger partial charge in [0.15, 0.2) is 17.4 Å². The normalized spacial score (nSPS) is 2.83. The van der Waals surface area contributed by atoms with Crippen LogP contribution in [0.4, 0.5) is 0 Å². The minimum atomic E-state index is 0. The van der Waals surface area contributed by atoms with Gasteiger partial charge in [-0.1, -0.05) is 0 Å². The van der Waals surface area contributed by atoms with Crippen LogP contribution in [-0.4, -0.2) is 108 Å². The Morgan fingerprint density at radius 1 is 1.50 bits per heavy atom. The third-order valence-corrected chi connectivity index (χ3v) is 0. The van der Waals surface area contributed by atoms with Crippen LogP contribution in [0.3, 0.4) is 0 Å². The molecule has 0 rings (SSSR count). The molecule has 0 spiro atoms. The molecule has 0 amide bonds. The van der Waals surface area contributed by atoms with Gasteiger partial charge in [0.25, 0.3) is 0 Å². The Labute approximate surface area is 106 Å². The van der Waals surface area contributed by atoms with Crippen molar-refractivity contribution in [3.05, 3.63) is 0 Å². The van der Waals surface area contributed by atoms with Gasteiger partial charge in [-0.3, -0.25) is 0 Å². The molecular formula is H13AlBBiPbSiTe. The van der Waals surface area contributed by atoms with Gasteiger partial charge < -0.3 is 0 Å². The van der Waals surface area contributed by atoms with E-state index in [-0.39, 0.29) is 70.9 Å². The zero-order chi connectivity index (χ0) is 2.71. The van der Waals surface area contributed by atoms with E-state index < -0.39 is 0 Å². The Morgan fingerprint density at radius 2 is 1.50 bits per heavy atom. The molecule has 0 atom stereocenters. The second kappa shape index (κ2) is 23.7. The van der Waals surface area contributed by atoms with E-state index in [0.717, 1.165) is 0 Å². The molecule has 6 heteroatoms. The number of rotatable bonds is 0. The van der Waals surface area contributed by atoms with Crippen molar-refractivity contribution in [3.8, 4) is 0 Å². The average Bonchev–Trinajstić information content (AvgIpc) is 0.918. The van der Waals surface area contributed by atoms with Crippen LogP contribution in [0.15, 0.2) is 0 Å². The van der Waals surface area contributed by atoms with Crippen LogP contribution < -0.4 is 0 Å². The van der Waals surface area contributed by atoms with Crippen molar-refractivity contribution in [3.63, 3.8) is 0 Å². The zero-order valence-electron chi connectivity index (χ0n) is 3.57. The fraction of sp³-hybridized carbons (Fsp3) is 0. The maximum absolute atomic E-state index is 1.91. The van der Waals surface area contributed by atoms with Gasteiger partial charge in [0.2, 0.25) is 0 Å². The van der Waals surface area contributed by atoms with Crippen LogP contribution >= 0.6 is 0 Å². The van der Waals surface area contributed by atoms with E-state index in [1.165, 1.54) is 14.9 Å². The van der Waals surface area contributed by atoms with Gasteiger partial charge in [-0.25, -0.2) is 0 Å². The average molecular weight is 623 g/mol. The Kier molecular flexibility index (Phi) is 90.0. The van der Waals surface area contributed by atoms with Crippen molar-refractivity contribution < 1.29 is 0 Å². The van der Waals surface area contributed by atoms with E-state index in [1.54, 1.807) is 0 Å². The molecule has 0 heterocycles.